The van der Waals surface area contributed by atoms with Crippen LogP contribution in [0.5, 0.6) is 5.75 Å². The highest BCUT2D eigenvalue weighted by Crippen LogP contribution is 2.41. The quantitative estimate of drug-likeness (QED) is 0.657. The molecule has 2 atom stereocenters. The van der Waals surface area contributed by atoms with Crippen molar-refractivity contribution >= 4 is 0 Å². The maximum absolute atomic E-state index is 11.3. The molecule has 1 aromatic rings. The fourth-order valence-electron chi connectivity index (χ4n) is 2.56. The van der Waals surface area contributed by atoms with Gasteiger partial charge in [0.15, 0.2) is 0 Å². The molecule has 18 heavy (non-hydrogen) atoms. The standard InChI is InChI=1S/C14H15NO3/c1-2-14(11-7-3-4-8-12(11)16)10-6-5-9-13(14)15(17)18/h3-10,13,16H,2H2,1H3/t13?,14-/m0/s1. The van der Waals surface area contributed by atoms with Crippen molar-refractivity contribution in [3.8, 4) is 5.75 Å². The predicted octanol–water partition coefficient (Wildman–Crippen LogP) is 2.81. The maximum Gasteiger partial charge on any atom is 0.244 e. The molecule has 1 aromatic carbocycles. The first-order valence-electron chi connectivity index (χ1n) is 5.90. The lowest BCUT2D eigenvalue weighted by atomic mass is 9.70. The Kier molecular flexibility index (Phi) is 3.19. The van der Waals surface area contributed by atoms with Gasteiger partial charge in [-0.2, -0.15) is 0 Å². The molecule has 0 heterocycles. The van der Waals surface area contributed by atoms with Crippen LogP contribution in [0.2, 0.25) is 0 Å². The average Bonchev–Trinajstić information content (AvgIpc) is 2.39. The molecule has 0 aliphatic heterocycles. The topological polar surface area (TPSA) is 63.4 Å². The highest BCUT2D eigenvalue weighted by atomic mass is 16.6. The molecule has 0 fully saturated rings. The second-order valence-electron chi connectivity index (χ2n) is 4.39. The Hall–Kier alpha value is -2.10. The maximum atomic E-state index is 11.3. The Balaban J connectivity index is 2.60. The summed E-state index contributed by atoms with van der Waals surface area (Å²) in [4.78, 5) is 11.0. The van der Waals surface area contributed by atoms with Crippen molar-refractivity contribution in [2.45, 2.75) is 24.8 Å². The second-order valence-corrected chi connectivity index (χ2v) is 4.39. The van der Waals surface area contributed by atoms with E-state index in [-0.39, 0.29) is 10.7 Å². The van der Waals surface area contributed by atoms with Gasteiger partial charge in [-0.3, -0.25) is 10.1 Å². The average molecular weight is 245 g/mol. The molecule has 0 saturated carbocycles. The summed E-state index contributed by atoms with van der Waals surface area (Å²) in [6.07, 6.45) is 7.43. The molecule has 0 spiro atoms. The molecule has 1 unspecified atom stereocenters. The number of aromatic hydroxyl groups is 1. The monoisotopic (exact) mass is 245 g/mol. The van der Waals surface area contributed by atoms with E-state index in [0.717, 1.165) is 0 Å². The third kappa shape index (κ3) is 1.79. The molecule has 0 saturated heterocycles. The SMILES string of the molecule is CC[C@@]1(c2ccccc2O)C=CC=CC1[N+](=O)[O-]. The molecule has 94 valence electrons. The van der Waals surface area contributed by atoms with Crippen molar-refractivity contribution in [1.82, 2.24) is 0 Å². The van der Waals surface area contributed by atoms with Crippen molar-refractivity contribution in [2.24, 2.45) is 0 Å². The zero-order valence-electron chi connectivity index (χ0n) is 10.1. The summed E-state index contributed by atoms with van der Waals surface area (Å²) < 4.78 is 0. The number of para-hydroxylation sites is 1. The minimum Gasteiger partial charge on any atom is -0.508 e. The summed E-state index contributed by atoms with van der Waals surface area (Å²) in [6, 6.07) is 5.97. The van der Waals surface area contributed by atoms with E-state index in [0.29, 0.717) is 12.0 Å². The van der Waals surface area contributed by atoms with Gasteiger partial charge in [-0.05, 0) is 18.6 Å². The Labute approximate surface area is 105 Å². The van der Waals surface area contributed by atoms with Gasteiger partial charge in [-0.1, -0.05) is 43.4 Å². The number of hydrogen-bond donors (Lipinski definition) is 1. The zero-order chi connectivity index (χ0) is 13.2. The number of benzene rings is 1. The number of nitrogens with zero attached hydrogens (tertiary/aromatic N) is 1. The van der Waals surface area contributed by atoms with Gasteiger partial charge in [0, 0.05) is 10.5 Å². The molecule has 1 aliphatic rings. The second kappa shape index (κ2) is 4.64. The van der Waals surface area contributed by atoms with Crippen LogP contribution < -0.4 is 0 Å². The van der Waals surface area contributed by atoms with Crippen molar-refractivity contribution in [1.29, 1.82) is 0 Å². The fraction of sp³-hybridized carbons (Fsp3) is 0.286. The number of nitro groups is 1. The number of phenolic OH excluding ortho intramolecular Hbond substituents is 1. The van der Waals surface area contributed by atoms with E-state index in [1.165, 1.54) is 0 Å². The Morgan fingerprint density at radius 1 is 1.39 bits per heavy atom. The lowest BCUT2D eigenvalue weighted by Crippen LogP contribution is -2.42. The van der Waals surface area contributed by atoms with E-state index >= 15 is 0 Å². The minimum absolute atomic E-state index is 0.103. The van der Waals surface area contributed by atoms with Crippen LogP contribution in [0.15, 0.2) is 48.6 Å². The normalized spacial score (nSPS) is 26.2. The lowest BCUT2D eigenvalue weighted by Gasteiger charge is -2.33. The highest BCUT2D eigenvalue weighted by molar-refractivity contribution is 5.46. The molecule has 0 bridgehead atoms. The molecule has 4 nitrogen and oxygen atoms in total. The van der Waals surface area contributed by atoms with Gasteiger partial charge in [0.25, 0.3) is 0 Å². The third-order valence-electron chi connectivity index (χ3n) is 3.54. The van der Waals surface area contributed by atoms with Crippen LogP contribution in [0.1, 0.15) is 18.9 Å². The van der Waals surface area contributed by atoms with E-state index in [2.05, 4.69) is 0 Å². The fourth-order valence-corrected chi connectivity index (χ4v) is 2.56. The Bertz CT molecular complexity index is 522. The van der Waals surface area contributed by atoms with Crippen LogP contribution in [-0.4, -0.2) is 16.1 Å². The zero-order valence-corrected chi connectivity index (χ0v) is 10.1. The van der Waals surface area contributed by atoms with Crippen LogP contribution in [-0.2, 0) is 5.41 Å². The van der Waals surface area contributed by atoms with Crippen LogP contribution >= 0.6 is 0 Å². The summed E-state index contributed by atoms with van der Waals surface area (Å²) in [5, 5.41) is 21.2. The number of allylic oxidation sites excluding steroid dienone is 2. The Morgan fingerprint density at radius 3 is 2.72 bits per heavy atom. The van der Waals surface area contributed by atoms with E-state index in [1.54, 1.807) is 42.5 Å². The van der Waals surface area contributed by atoms with E-state index in [1.807, 2.05) is 13.0 Å². The van der Waals surface area contributed by atoms with Gasteiger partial charge < -0.3 is 5.11 Å². The first-order valence-corrected chi connectivity index (χ1v) is 5.90. The van der Waals surface area contributed by atoms with Crippen LogP contribution in [0.4, 0.5) is 0 Å². The van der Waals surface area contributed by atoms with Gasteiger partial charge in [0.1, 0.15) is 5.75 Å². The minimum atomic E-state index is -0.846. The Morgan fingerprint density at radius 2 is 2.11 bits per heavy atom. The molecule has 0 radical (unpaired) electrons. The van der Waals surface area contributed by atoms with Gasteiger partial charge >= 0.3 is 0 Å². The first kappa shape index (κ1) is 12.4. The molecule has 0 aromatic heterocycles. The van der Waals surface area contributed by atoms with Crippen LogP contribution in [0.25, 0.3) is 0 Å². The molecule has 2 rings (SSSR count). The van der Waals surface area contributed by atoms with Crippen molar-refractivity contribution in [3.05, 3.63) is 64.2 Å². The van der Waals surface area contributed by atoms with Gasteiger partial charge in [0.2, 0.25) is 6.04 Å². The van der Waals surface area contributed by atoms with Gasteiger partial charge in [-0.15, -0.1) is 0 Å². The summed E-state index contributed by atoms with van der Waals surface area (Å²) in [5.41, 5.74) is -0.168. The van der Waals surface area contributed by atoms with Crippen molar-refractivity contribution in [3.63, 3.8) is 0 Å². The number of hydrogen-bond acceptors (Lipinski definition) is 3. The smallest absolute Gasteiger partial charge is 0.244 e. The predicted molar refractivity (Wildman–Crippen MR) is 69.1 cm³/mol. The summed E-state index contributed by atoms with van der Waals surface area (Å²) >= 11 is 0. The molecule has 1 aliphatic carbocycles. The lowest BCUT2D eigenvalue weighted by molar-refractivity contribution is -0.519. The molecular weight excluding hydrogens is 230 g/mol. The molecular formula is C14H15NO3. The number of phenols is 1. The first-order chi connectivity index (χ1) is 8.62. The van der Waals surface area contributed by atoms with Gasteiger partial charge in [-0.25, -0.2) is 0 Å². The van der Waals surface area contributed by atoms with Crippen LogP contribution in [0, 0.1) is 10.1 Å². The van der Waals surface area contributed by atoms with Crippen molar-refractivity contribution < 1.29 is 10.0 Å². The van der Waals surface area contributed by atoms with E-state index in [4.69, 9.17) is 0 Å². The summed E-state index contributed by atoms with van der Waals surface area (Å²) in [5.74, 6) is 0.103. The molecule has 4 heteroatoms. The van der Waals surface area contributed by atoms with E-state index < -0.39 is 11.5 Å². The van der Waals surface area contributed by atoms with Gasteiger partial charge in [0.05, 0.1) is 5.41 Å². The van der Waals surface area contributed by atoms with Crippen LogP contribution in [0.3, 0.4) is 0 Å². The van der Waals surface area contributed by atoms with E-state index in [9.17, 15) is 15.2 Å². The highest BCUT2D eigenvalue weighted by Gasteiger charge is 2.45. The third-order valence-corrected chi connectivity index (χ3v) is 3.54. The van der Waals surface area contributed by atoms with Crippen molar-refractivity contribution in [2.75, 3.05) is 0 Å². The molecule has 0 amide bonds. The summed E-state index contributed by atoms with van der Waals surface area (Å²) in [7, 11) is 0. The summed E-state index contributed by atoms with van der Waals surface area (Å²) in [6.45, 7) is 1.90. The molecule has 1 N–H and O–H groups in total. The largest absolute Gasteiger partial charge is 0.508 e. The number of rotatable bonds is 3.